The Morgan fingerprint density at radius 1 is 1.06 bits per heavy atom. The summed E-state index contributed by atoms with van der Waals surface area (Å²) < 4.78 is 35.7. The number of rotatable bonds is 8. The molecule has 0 heterocycles. The van der Waals surface area contributed by atoms with Gasteiger partial charge in [-0.3, -0.25) is 0 Å². The van der Waals surface area contributed by atoms with Gasteiger partial charge in [-0.25, -0.2) is 13.2 Å². The first-order valence-electron chi connectivity index (χ1n) is 10.2. The fourth-order valence-electron chi connectivity index (χ4n) is 2.84. The molecule has 2 rings (SSSR count). The summed E-state index contributed by atoms with van der Waals surface area (Å²) in [6, 6.07) is 9.90. The molecule has 166 valence electrons. The zero-order valence-corrected chi connectivity index (χ0v) is 19.8. The maximum atomic E-state index is 12.4. The minimum Gasteiger partial charge on any atom is -0.477 e. The van der Waals surface area contributed by atoms with Crippen LogP contribution in [-0.2, 0) is 19.4 Å². The molecule has 2 aromatic carbocycles. The lowest BCUT2D eigenvalue weighted by Gasteiger charge is -2.17. The fourth-order valence-corrected chi connectivity index (χ4v) is 4.36. The number of ether oxygens (including phenoxy) is 2. The van der Waals surface area contributed by atoms with Crippen LogP contribution >= 0.6 is 11.6 Å². The number of carbonyl (C=O) groups is 1. The third-order valence-corrected chi connectivity index (χ3v) is 6.66. The van der Waals surface area contributed by atoms with Crippen LogP contribution in [0.1, 0.15) is 50.3 Å². The van der Waals surface area contributed by atoms with E-state index in [0.717, 1.165) is 5.56 Å². The van der Waals surface area contributed by atoms with Crippen molar-refractivity contribution in [2.45, 2.75) is 51.5 Å². The summed E-state index contributed by atoms with van der Waals surface area (Å²) >= 11 is 6.14. The average Bonchev–Trinajstić information content (AvgIpc) is 2.72. The molecular weight excluding hydrogens is 436 g/mol. The Labute approximate surface area is 189 Å². The SMILES string of the molecule is CCCS(=O)(=O)c1ccc(C)c(C#Cc2cc(Cl)ccc2OC(CC)C(=O)OCC)c1. The van der Waals surface area contributed by atoms with Crippen LogP contribution in [0.25, 0.3) is 0 Å². The maximum absolute atomic E-state index is 12.4. The smallest absolute Gasteiger partial charge is 0.347 e. The van der Waals surface area contributed by atoms with Gasteiger partial charge in [-0.05, 0) is 62.6 Å². The molecule has 0 aliphatic rings. The number of hydrogen-bond acceptors (Lipinski definition) is 5. The summed E-state index contributed by atoms with van der Waals surface area (Å²) in [6.45, 7) is 7.52. The molecule has 0 aliphatic heterocycles. The normalized spacial score (nSPS) is 11.9. The summed E-state index contributed by atoms with van der Waals surface area (Å²) in [7, 11) is -3.35. The van der Waals surface area contributed by atoms with E-state index in [1.165, 1.54) is 0 Å². The summed E-state index contributed by atoms with van der Waals surface area (Å²) in [4.78, 5) is 12.3. The number of hydrogen-bond donors (Lipinski definition) is 0. The molecule has 1 atom stereocenters. The molecule has 0 amide bonds. The molecule has 0 fully saturated rings. The largest absolute Gasteiger partial charge is 0.477 e. The standard InChI is InChI=1S/C24H27ClO5S/c1-5-14-31(27,28)21-12-8-17(4)18(16-21)9-10-19-15-20(25)11-13-23(19)30-22(6-2)24(26)29-7-3/h8,11-13,15-16,22H,5-7,14H2,1-4H3. The summed E-state index contributed by atoms with van der Waals surface area (Å²) in [5.41, 5.74) is 1.95. The quantitative estimate of drug-likeness (QED) is 0.410. The third kappa shape index (κ3) is 6.75. The van der Waals surface area contributed by atoms with Crippen molar-refractivity contribution in [3.05, 3.63) is 58.1 Å². The van der Waals surface area contributed by atoms with Crippen molar-refractivity contribution in [2.75, 3.05) is 12.4 Å². The highest BCUT2D eigenvalue weighted by molar-refractivity contribution is 7.91. The van der Waals surface area contributed by atoms with Crippen molar-refractivity contribution < 1.29 is 22.7 Å². The molecular formula is C24H27ClO5S. The third-order valence-electron chi connectivity index (χ3n) is 4.50. The van der Waals surface area contributed by atoms with Crippen LogP contribution in [0.2, 0.25) is 5.02 Å². The molecule has 1 unspecified atom stereocenters. The Morgan fingerprint density at radius 3 is 2.42 bits per heavy atom. The zero-order valence-electron chi connectivity index (χ0n) is 18.2. The Kier molecular flexibility index (Phi) is 8.97. The number of aryl methyl sites for hydroxylation is 1. The van der Waals surface area contributed by atoms with E-state index in [2.05, 4.69) is 11.8 Å². The van der Waals surface area contributed by atoms with Crippen molar-refractivity contribution in [1.82, 2.24) is 0 Å². The second kappa shape index (κ2) is 11.2. The highest BCUT2D eigenvalue weighted by Crippen LogP contribution is 2.25. The van der Waals surface area contributed by atoms with Crippen LogP contribution in [0.15, 0.2) is 41.3 Å². The lowest BCUT2D eigenvalue weighted by atomic mass is 10.1. The van der Waals surface area contributed by atoms with E-state index in [-0.39, 0.29) is 17.3 Å². The highest BCUT2D eigenvalue weighted by Gasteiger charge is 2.21. The monoisotopic (exact) mass is 462 g/mol. The summed E-state index contributed by atoms with van der Waals surface area (Å²) in [5.74, 6) is 6.09. The summed E-state index contributed by atoms with van der Waals surface area (Å²) in [5, 5.41) is 0.469. The van der Waals surface area contributed by atoms with Gasteiger partial charge < -0.3 is 9.47 Å². The molecule has 0 bridgehead atoms. The molecule has 0 aromatic heterocycles. The summed E-state index contributed by atoms with van der Waals surface area (Å²) in [6.07, 6.45) is 0.218. The maximum Gasteiger partial charge on any atom is 0.347 e. The molecule has 7 heteroatoms. The number of sulfone groups is 1. The molecule has 0 saturated heterocycles. The van der Waals surface area contributed by atoms with Gasteiger partial charge in [0, 0.05) is 10.6 Å². The average molecular weight is 463 g/mol. The highest BCUT2D eigenvalue weighted by atomic mass is 35.5. The Bertz CT molecular complexity index is 1100. The molecule has 0 radical (unpaired) electrons. The van der Waals surface area contributed by atoms with Crippen LogP contribution in [0.3, 0.4) is 0 Å². The van der Waals surface area contributed by atoms with Crippen molar-refractivity contribution in [3.63, 3.8) is 0 Å². The Balaban J connectivity index is 2.43. The molecule has 0 spiro atoms. The zero-order chi connectivity index (χ0) is 23.0. The van der Waals surface area contributed by atoms with Gasteiger partial charge in [-0.2, -0.15) is 0 Å². The van der Waals surface area contributed by atoms with Gasteiger partial charge >= 0.3 is 5.97 Å². The van der Waals surface area contributed by atoms with E-state index >= 15 is 0 Å². The van der Waals surface area contributed by atoms with Crippen LogP contribution in [0.4, 0.5) is 0 Å². The van der Waals surface area contributed by atoms with Gasteiger partial charge in [0.2, 0.25) is 0 Å². The molecule has 31 heavy (non-hydrogen) atoms. The Morgan fingerprint density at radius 2 is 1.77 bits per heavy atom. The first-order chi connectivity index (χ1) is 14.7. The van der Waals surface area contributed by atoms with Crippen molar-refractivity contribution in [2.24, 2.45) is 0 Å². The minimum absolute atomic E-state index is 0.0848. The second-order valence-corrected chi connectivity index (χ2v) is 9.50. The molecule has 0 N–H and O–H groups in total. The number of halogens is 1. The lowest BCUT2D eigenvalue weighted by Crippen LogP contribution is -2.28. The van der Waals surface area contributed by atoms with Gasteiger partial charge in [0.1, 0.15) is 5.75 Å². The van der Waals surface area contributed by atoms with Crippen LogP contribution in [0.5, 0.6) is 5.75 Å². The van der Waals surface area contributed by atoms with E-state index in [1.54, 1.807) is 43.3 Å². The van der Waals surface area contributed by atoms with Gasteiger partial charge in [0.25, 0.3) is 0 Å². The van der Waals surface area contributed by atoms with Gasteiger partial charge in [-0.15, -0.1) is 0 Å². The number of benzene rings is 2. The predicted octanol–water partition coefficient (Wildman–Crippen LogP) is 4.95. The van der Waals surface area contributed by atoms with Gasteiger partial charge in [0.05, 0.1) is 22.8 Å². The van der Waals surface area contributed by atoms with Gasteiger partial charge in [0.15, 0.2) is 15.9 Å². The lowest BCUT2D eigenvalue weighted by molar-refractivity contribution is -0.151. The number of esters is 1. The van der Waals surface area contributed by atoms with E-state index in [0.29, 0.717) is 34.7 Å². The van der Waals surface area contributed by atoms with E-state index in [9.17, 15) is 13.2 Å². The molecule has 2 aromatic rings. The number of carbonyl (C=O) groups excluding carboxylic acids is 1. The van der Waals surface area contributed by atoms with Crippen molar-refractivity contribution >= 4 is 27.4 Å². The first kappa shape index (κ1) is 24.8. The van der Waals surface area contributed by atoms with Crippen LogP contribution < -0.4 is 4.74 Å². The second-order valence-electron chi connectivity index (χ2n) is 6.95. The topological polar surface area (TPSA) is 69.7 Å². The van der Waals surface area contributed by atoms with Crippen molar-refractivity contribution in [3.8, 4) is 17.6 Å². The van der Waals surface area contributed by atoms with E-state index < -0.39 is 21.9 Å². The first-order valence-corrected chi connectivity index (χ1v) is 12.2. The van der Waals surface area contributed by atoms with Crippen molar-refractivity contribution in [1.29, 1.82) is 0 Å². The van der Waals surface area contributed by atoms with E-state index in [1.807, 2.05) is 20.8 Å². The molecule has 0 aliphatic carbocycles. The Hall–Kier alpha value is -2.49. The fraction of sp³-hybridized carbons (Fsp3) is 0.375. The molecule has 0 saturated carbocycles. The predicted molar refractivity (Wildman–Crippen MR) is 122 cm³/mol. The minimum atomic E-state index is -3.35. The van der Waals surface area contributed by atoms with Gasteiger partial charge in [-0.1, -0.05) is 43.4 Å². The van der Waals surface area contributed by atoms with E-state index in [4.69, 9.17) is 21.1 Å². The van der Waals surface area contributed by atoms with Crippen LogP contribution in [0, 0.1) is 18.8 Å². The molecule has 5 nitrogen and oxygen atoms in total. The van der Waals surface area contributed by atoms with Crippen LogP contribution in [-0.4, -0.2) is 32.9 Å².